The number of hydrogen-bond donors (Lipinski definition) is 1. The van der Waals surface area contributed by atoms with Gasteiger partial charge in [-0.3, -0.25) is 0 Å². The van der Waals surface area contributed by atoms with Crippen molar-refractivity contribution < 1.29 is 4.74 Å². The molecule has 0 amide bonds. The lowest BCUT2D eigenvalue weighted by Crippen LogP contribution is -2.29. The van der Waals surface area contributed by atoms with Crippen molar-refractivity contribution in [3.05, 3.63) is 12.4 Å². The van der Waals surface area contributed by atoms with E-state index in [1.807, 2.05) is 6.20 Å². The lowest BCUT2D eigenvalue weighted by Gasteiger charge is -2.25. The highest BCUT2D eigenvalue weighted by Gasteiger charge is 2.17. The molecule has 1 aliphatic carbocycles. The first-order chi connectivity index (χ1) is 9.81. The Hall–Kier alpha value is -1.07. The van der Waals surface area contributed by atoms with E-state index in [-0.39, 0.29) is 0 Å². The molecule has 0 aliphatic heterocycles. The summed E-state index contributed by atoms with van der Waals surface area (Å²) in [6, 6.07) is 0.639. The molecule has 0 aromatic carbocycles. The van der Waals surface area contributed by atoms with Gasteiger partial charge in [0.1, 0.15) is 0 Å². The van der Waals surface area contributed by atoms with E-state index in [9.17, 15) is 0 Å². The number of likely N-dealkylation sites (N-methyl/N-ethyl adjacent to an activating group) is 1. The van der Waals surface area contributed by atoms with Gasteiger partial charge in [0.05, 0.1) is 6.61 Å². The number of imidazole rings is 1. The summed E-state index contributed by atoms with van der Waals surface area (Å²) >= 11 is 0. The van der Waals surface area contributed by atoms with Gasteiger partial charge in [-0.25, -0.2) is 4.98 Å². The highest BCUT2D eigenvalue weighted by Crippen LogP contribution is 2.29. The average Bonchev–Trinajstić information content (AvgIpc) is 2.94. The zero-order valence-electron chi connectivity index (χ0n) is 12.8. The van der Waals surface area contributed by atoms with Crippen LogP contribution < -0.4 is 5.32 Å². The number of rotatable bonds is 8. The van der Waals surface area contributed by atoms with Crippen molar-refractivity contribution in [3.8, 4) is 0 Å². The molecule has 0 unspecified atom stereocenters. The number of methoxy groups -OCH3 is 1. The Morgan fingerprint density at radius 1 is 1.35 bits per heavy atom. The van der Waals surface area contributed by atoms with Gasteiger partial charge >= 0.3 is 0 Å². The number of nitrogens with one attached hydrogen (secondary N) is 1. The molecule has 0 spiro atoms. The van der Waals surface area contributed by atoms with Crippen LogP contribution in [0.25, 0.3) is 0 Å². The molecule has 2 rings (SSSR count). The third-order valence-corrected chi connectivity index (χ3v) is 4.09. The van der Waals surface area contributed by atoms with Crippen LogP contribution in [0.1, 0.15) is 38.1 Å². The first-order valence-electron chi connectivity index (χ1n) is 7.75. The fourth-order valence-electron chi connectivity index (χ4n) is 2.82. The SMILES string of the molecule is COCCN(C)CCNc1nccn1C1CCCCC1. The minimum absolute atomic E-state index is 0.639. The third kappa shape index (κ3) is 4.49. The average molecular weight is 280 g/mol. The molecule has 1 N–H and O–H groups in total. The summed E-state index contributed by atoms with van der Waals surface area (Å²) < 4.78 is 7.41. The Bertz CT molecular complexity index is 374. The van der Waals surface area contributed by atoms with Crippen LogP contribution in [-0.4, -0.2) is 54.8 Å². The molecular formula is C15H28N4O. The lowest BCUT2D eigenvalue weighted by molar-refractivity contribution is 0.163. The first-order valence-corrected chi connectivity index (χ1v) is 7.75. The van der Waals surface area contributed by atoms with Crippen LogP contribution in [-0.2, 0) is 4.74 Å². The largest absolute Gasteiger partial charge is 0.383 e. The van der Waals surface area contributed by atoms with Gasteiger partial charge in [-0.15, -0.1) is 0 Å². The number of aromatic nitrogens is 2. The van der Waals surface area contributed by atoms with Crippen LogP contribution in [0, 0.1) is 0 Å². The predicted octanol–water partition coefficient (Wildman–Crippen LogP) is 2.38. The molecule has 1 aromatic rings. The third-order valence-electron chi connectivity index (χ3n) is 4.09. The Balaban J connectivity index is 1.77. The fraction of sp³-hybridized carbons (Fsp3) is 0.800. The van der Waals surface area contributed by atoms with Gasteiger partial charge in [0.25, 0.3) is 0 Å². The molecule has 1 heterocycles. The van der Waals surface area contributed by atoms with Crippen LogP contribution in [0.5, 0.6) is 0 Å². The number of ether oxygens (including phenoxy) is 1. The van der Waals surface area contributed by atoms with Gasteiger partial charge in [0, 0.05) is 45.2 Å². The normalized spacial score (nSPS) is 16.8. The molecule has 5 heteroatoms. The van der Waals surface area contributed by atoms with E-state index >= 15 is 0 Å². The van der Waals surface area contributed by atoms with E-state index in [2.05, 4.69) is 33.0 Å². The molecular weight excluding hydrogens is 252 g/mol. The first kappa shape index (κ1) is 15.3. The van der Waals surface area contributed by atoms with Crippen molar-refractivity contribution in [1.29, 1.82) is 0 Å². The van der Waals surface area contributed by atoms with Gasteiger partial charge in [-0.1, -0.05) is 19.3 Å². The molecule has 0 radical (unpaired) electrons. The van der Waals surface area contributed by atoms with Gasteiger partial charge in [0.2, 0.25) is 5.95 Å². The second-order valence-electron chi connectivity index (χ2n) is 5.67. The maximum atomic E-state index is 5.08. The molecule has 5 nitrogen and oxygen atoms in total. The predicted molar refractivity (Wildman–Crippen MR) is 82.2 cm³/mol. The van der Waals surface area contributed by atoms with Crippen molar-refractivity contribution in [3.63, 3.8) is 0 Å². The Morgan fingerprint density at radius 3 is 2.90 bits per heavy atom. The van der Waals surface area contributed by atoms with Crippen LogP contribution in [0.2, 0.25) is 0 Å². The summed E-state index contributed by atoms with van der Waals surface area (Å²) in [4.78, 5) is 6.73. The second-order valence-corrected chi connectivity index (χ2v) is 5.67. The summed E-state index contributed by atoms with van der Waals surface area (Å²) in [5, 5.41) is 3.47. The molecule has 1 aromatic heterocycles. The molecule has 1 aliphatic rings. The number of nitrogens with zero attached hydrogens (tertiary/aromatic N) is 3. The van der Waals surface area contributed by atoms with Crippen molar-refractivity contribution in [1.82, 2.24) is 14.5 Å². The fourth-order valence-corrected chi connectivity index (χ4v) is 2.82. The zero-order chi connectivity index (χ0) is 14.2. The van der Waals surface area contributed by atoms with Crippen LogP contribution >= 0.6 is 0 Å². The van der Waals surface area contributed by atoms with Crippen molar-refractivity contribution in [2.75, 3.05) is 45.7 Å². The molecule has 20 heavy (non-hydrogen) atoms. The van der Waals surface area contributed by atoms with E-state index < -0.39 is 0 Å². The summed E-state index contributed by atoms with van der Waals surface area (Å²) in [5.41, 5.74) is 0. The molecule has 1 saturated carbocycles. The molecule has 0 bridgehead atoms. The molecule has 1 fully saturated rings. The quantitative estimate of drug-likeness (QED) is 0.794. The smallest absolute Gasteiger partial charge is 0.203 e. The standard InChI is InChI=1S/C15H28N4O/c1-18(12-13-20-2)10-8-16-15-17-9-11-19(15)14-6-4-3-5-7-14/h9,11,14H,3-8,10,12-13H2,1-2H3,(H,16,17). The molecule has 0 saturated heterocycles. The Kier molecular flexibility index (Phi) is 6.33. The van der Waals surface area contributed by atoms with Gasteiger partial charge in [0.15, 0.2) is 0 Å². The van der Waals surface area contributed by atoms with Crippen LogP contribution in [0.3, 0.4) is 0 Å². The van der Waals surface area contributed by atoms with Crippen molar-refractivity contribution in [2.45, 2.75) is 38.1 Å². The molecule has 0 atom stereocenters. The van der Waals surface area contributed by atoms with E-state index in [0.29, 0.717) is 6.04 Å². The maximum Gasteiger partial charge on any atom is 0.203 e. The van der Waals surface area contributed by atoms with E-state index in [1.165, 1.54) is 32.1 Å². The second kappa shape index (κ2) is 8.27. The summed E-state index contributed by atoms with van der Waals surface area (Å²) in [6.45, 7) is 3.67. The van der Waals surface area contributed by atoms with Crippen molar-refractivity contribution in [2.24, 2.45) is 0 Å². The lowest BCUT2D eigenvalue weighted by atomic mass is 9.95. The number of hydrogen-bond acceptors (Lipinski definition) is 4. The van der Waals surface area contributed by atoms with E-state index in [0.717, 1.165) is 32.2 Å². The van der Waals surface area contributed by atoms with Gasteiger partial charge in [-0.05, 0) is 19.9 Å². The summed E-state index contributed by atoms with van der Waals surface area (Å²) in [7, 11) is 3.86. The van der Waals surface area contributed by atoms with Crippen molar-refractivity contribution >= 4 is 5.95 Å². The van der Waals surface area contributed by atoms with E-state index in [1.54, 1.807) is 7.11 Å². The summed E-state index contributed by atoms with van der Waals surface area (Å²) in [6.07, 6.45) is 10.7. The maximum absolute atomic E-state index is 5.08. The monoisotopic (exact) mass is 280 g/mol. The highest BCUT2D eigenvalue weighted by molar-refractivity contribution is 5.26. The zero-order valence-corrected chi connectivity index (χ0v) is 12.8. The Morgan fingerprint density at radius 2 is 2.15 bits per heavy atom. The van der Waals surface area contributed by atoms with E-state index in [4.69, 9.17) is 4.74 Å². The van der Waals surface area contributed by atoms with Gasteiger partial charge in [-0.2, -0.15) is 0 Å². The van der Waals surface area contributed by atoms with Crippen LogP contribution in [0.15, 0.2) is 12.4 Å². The van der Waals surface area contributed by atoms with Gasteiger partial charge < -0.3 is 19.5 Å². The summed E-state index contributed by atoms with van der Waals surface area (Å²) in [5.74, 6) is 1.03. The molecule has 114 valence electrons. The minimum atomic E-state index is 0.639. The number of anilines is 1. The Labute approximate surface area is 122 Å². The highest BCUT2D eigenvalue weighted by atomic mass is 16.5. The minimum Gasteiger partial charge on any atom is -0.383 e. The topological polar surface area (TPSA) is 42.3 Å². The van der Waals surface area contributed by atoms with Crippen LogP contribution in [0.4, 0.5) is 5.95 Å².